The van der Waals surface area contributed by atoms with Crippen molar-refractivity contribution < 1.29 is 15.0 Å². The van der Waals surface area contributed by atoms with Gasteiger partial charge in [-0.2, -0.15) is 0 Å². The van der Waals surface area contributed by atoms with Gasteiger partial charge in [-0.15, -0.1) is 11.3 Å². The third-order valence-electron chi connectivity index (χ3n) is 4.33. The van der Waals surface area contributed by atoms with Crippen molar-refractivity contribution in [2.45, 2.75) is 19.5 Å². The Kier molecular flexibility index (Phi) is 5.78. The van der Waals surface area contributed by atoms with Crippen LogP contribution in [0.15, 0.2) is 35.7 Å². The molecule has 134 valence electrons. The van der Waals surface area contributed by atoms with E-state index in [0.717, 1.165) is 32.6 Å². The minimum atomic E-state index is -0.120. The average molecular weight is 361 g/mol. The highest BCUT2D eigenvalue weighted by atomic mass is 32.1. The highest BCUT2D eigenvalue weighted by Gasteiger charge is 2.19. The number of urea groups is 1. The van der Waals surface area contributed by atoms with Crippen molar-refractivity contribution in [3.05, 3.63) is 46.2 Å². The zero-order valence-corrected chi connectivity index (χ0v) is 14.8. The smallest absolute Gasteiger partial charge is 0.317 e. The van der Waals surface area contributed by atoms with Crippen molar-refractivity contribution in [3.63, 3.8) is 0 Å². The van der Waals surface area contributed by atoms with Gasteiger partial charge in [0.25, 0.3) is 0 Å². The number of hydrogen-bond acceptors (Lipinski definition) is 5. The molecule has 3 rings (SSSR count). The standard InChI is InChI=1S/C18H23N3O3S/c22-15-5-4-14(17(23)11-15)12-19-18(24)21-7-2-6-20(8-9-21)13-16-3-1-10-25-16/h1,3-5,10-11,22-23H,2,6-9,12-13H2,(H,19,24). The van der Waals surface area contributed by atoms with Crippen LogP contribution in [0.2, 0.25) is 0 Å². The van der Waals surface area contributed by atoms with Gasteiger partial charge in [-0.25, -0.2) is 4.79 Å². The first-order chi connectivity index (χ1) is 12.1. The zero-order chi connectivity index (χ0) is 17.6. The number of aromatic hydroxyl groups is 2. The lowest BCUT2D eigenvalue weighted by Crippen LogP contribution is -2.41. The number of nitrogens with one attached hydrogen (secondary N) is 1. The summed E-state index contributed by atoms with van der Waals surface area (Å²) >= 11 is 1.76. The molecule has 0 saturated carbocycles. The van der Waals surface area contributed by atoms with Crippen LogP contribution in [0.1, 0.15) is 16.9 Å². The van der Waals surface area contributed by atoms with Crippen LogP contribution >= 0.6 is 11.3 Å². The minimum absolute atomic E-state index is 0.00549. The van der Waals surface area contributed by atoms with E-state index in [2.05, 4.69) is 27.7 Å². The molecule has 3 N–H and O–H groups in total. The van der Waals surface area contributed by atoms with E-state index in [-0.39, 0.29) is 24.1 Å². The lowest BCUT2D eigenvalue weighted by Gasteiger charge is -2.22. The molecule has 2 aromatic rings. The molecule has 0 unspecified atom stereocenters. The maximum Gasteiger partial charge on any atom is 0.317 e. The summed E-state index contributed by atoms with van der Waals surface area (Å²) in [6.45, 7) is 4.44. The number of thiophene rings is 1. The highest BCUT2D eigenvalue weighted by Crippen LogP contribution is 2.22. The summed E-state index contributed by atoms with van der Waals surface area (Å²) in [7, 11) is 0. The van der Waals surface area contributed by atoms with E-state index < -0.39 is 0 Å². The Balaban J connectivity index is 1.49. The van der Waals surface area contributed by atoms with Crippen LogP contribution in [-0.4, -0.2) is 52.2 Å². The molecule has 0 aliphatic carbocycles. The third kappa shape index (κ3) is 4.87. The molecule has 1 aliphatic rings. The summed E-state index contributed by atoms with van der Waals surface area (Å²) in [6.07, 6.45) is 0.948. The molecule has 1 fully saturated rings. The minimum Gasteiger partial charge on any atom is -0.508 e. The molecule has 2 amide bonds. The number of carbonyl (C=O) groups is 1. The summed E-state index contributed by atoms with van der Waals surface area (Å²) in [5.41, 5.74) is 0.584. The molecule has 2 heterocycles. The van der Waals surface area contributed by atoms with Gasteiger partial charge in [0.15, 0.2) is 0 Å². The van der Waals surface area contributed by atoms with Crippen LogP contribution in [0, 0.1) is 0 Å². The van der Waals surface area contributed by atoms with Gasteiger partial charge in [0, 0.05) is 55.8 Å². The van der Waals surface area contributed by atoms with Crippen LogP contribution in [0.4, 0.5) is 4.79 Å². The Morgan fingerprint density at radius 1 is 1.16 bits per heavy atom. The Hall–Kier alpha value is -2.25. The van der Waals surface area contributed by atoms with Crippen molar-refractivity contribution in [1.29, 1.82) is 0 Å². The van der Waals surface area contributed by atoms with Crippen LogP contribution in [-0.2, 0) is 13.1 Å². The monoisotopic (exact) mass is 361 g/mol. The lowest BCUT2D eigenvalue weighted by molar-refractivity contribution is 0.197. The molecule has 1 aromatic carbocycles. The normalized spacial score (nSPS) is 15.8. The number of phenolic OH excluding ortho intramolecular Hbond substituents is 2. The van der Waals surface area contributed by atoms with Crippen molar-refractivity contribution in [3.8, 4) is 11.5 Å². The van der Waals surface area contributed by atoms with Gasteiger partial charge in [0.05, 0.1) is 0 Å². The number of rotatable bonds is 4. The van der Waals surface area contributed by atoms with E-state index in [4.69, 9.17) is 0 Å². The molecule has 0 radical (unpaired) electrons. The second-order valence-corrected chi connectivity index (χ2v) is 7.20. The van der Waals surface area contributed by atoms with E-state index in [1.807, 2.05) is 4.90 Å². The molecular formula is C18H23N3O3S. The van der Waals surface area contributed by atoms with Crippen LogP contribution in [0.25, 0.3) is 0 Å². The number of hydrogen-bond donors (Lipinski definition) is 3. The predicted molar refractivity (Wildman–Crippen MR) is 97.8 cm³/mol. The second-order valence-electron chi connectivity index (χ2n) is 6.17. The summed E-state index contributed by atoms with van der Waals surface area (Å²) in [5, 5.41) is 24.0. The van der Waals surface area contributed by atoms with Crippen LogP contribution in [0.3, 0.4) is 0 Å². The quantitative estimate of drug-likeness (QED) is 0.782. The van der Waals surface area contributed by atoms with Crippen molar-refractivity contribution in [2.75, 3.05) is 26.2 Å². The topological polar surface area (TPSA) is 76.0 Å². The van der Waals surface area contributed by atoms with Crippen LogP contribution < -0.4 is 5.32 Å². The van der Waals surface area contributed by atoms with E-state index in [9.17, 15) is 15.0 Å². The maximum atomic E-state index is 12.4. The van der Waals surface area contributed by atoms with E-state index in [1.54, 1.807) is 17.4 Å². The molecule has 0 spiro atoms. The van der Waals surface area contributed by atoms with Gasteiger partial charge in [-0.1, -0.05) is 6.07 Å². The first-order valence-corrected chi connectivity index (χ1v) is 9.28. The van der Waals surface area contributed by atoms with Gasteiger partial charge in [0.1, 0.15) is 11.5 Å². The molecule has 6 nitrogen and oxygen atoms in total. The molecule has 1 aliphatic heterocycles. The highest BCUT2D eigenvalue weighted by molar-refractivity contribution is 7.09. The number of phenols is 2. The molecule has 1 saturated heterocycles. The fraction of sp³-hybridized carbons (Fsp3) is 0.389. The summed E-state index contributed by atoms with van der Waals surface area (Å²) in [4.78, 5) is 17.9. The largest absolute Gasteiger partial charge is 0.508 e. The number of amides is 2. The van der Waals surface area contributed by atoms with Crippen LogP contribution in [0.5, 0.6) is 11.5 Å². The number of nitrogens with zero attached hydrogens (tertiary/aromatic N) is 2. The molecule has 7 heteroatoms. The van der Waals surface area contributed by atoms with E-state index in [0.29, 0.717) is 12.1 Å². The Bertz CT molecular complexity index is 706. The van der Waals surface area contributed by atoms with Gasteiger partial charge in [-0.05, 0) is 30.0 Å². The van der Waals surface area contributed by atoms with Gasteiger partial charge in [0.2, 0.25) is 0 Å². The Morgan fingerprint density at radius 3 is 2.80 bits per heavy atom. The maximum absolute atomic E-state index is 12.4. The third-order valence-corrected chi connectivity index (χ3v) is 5.20. The molecule has 25 heavy (non-hydrogen) atoms. The van der Waals surface area contributed by atoms with Crippen molar-refractivity contribution in [1.82, 2.24) is 15.1 Å². The Labute approximate surface area is 151 Å². The van der Waals surface area contributed by atoms with Gasteiger partial charge >= 0.3 is 6.03 Å². The fourth-order valence-corrected chi connectivity index (χ4v) is 3.69. The summed E-state index contributed by atoms with van der Waals surface area (Å²) in [5.74, 6) is -0.00999. The van der Waals surface area contributed by atoms with E-state index in [1.165, 1.54) is 17.0 Å². The molecule has 1 aromatic heterocycles. The molecule has 0 atom stereocenters. The number of carbonyl (C=O) groups excluding carboxylic acids is 1. The average Bonchev–Trinajstić information content (AvgIpc) is 2.98. The summed E-state index contributed by atoms with van der Waals surface area (Å²) in [6, 6.07) is 8.47. The first kappa shape index (κ1) is 17.6. The molecule has 0 bridgehead atoms. The Morgan fingerprint density at radius 2 is 2.04 bits per heavy atom. The number of benzene rings is 1. The van der Waals surface area contributed by atoms with E-state index >= 15 is 0 Å². The van der Waals surface area contributed by atoms with Crippen molar-refractivity contribution >= 4 is 17.4 Å². The lowest BCUT2D eigenvalue weighted by atomic mass is 10.2. The molecular weight excluding hydrogens is 338 g/mol. The first-order valence-electron chi connectivity index (χ1n) is 8.40. The SMILES string of the molecule is O=C(NCc1ccc(O)cc1O)N1CCCN(Cc2cccs2)CC1. The predicted octanol–water partition coefficient (Wildman–Crippen LogP) is 2.58. The van der Waals surface area contributed by atoms with Gasteiger partial charge < -0.3 is 20.4 Å². The zero-order valence-electron chi connectivity index (χ0n) is 14.0. The van der Waals surface area contributed by atoms with Gasteiger partial charge in [-0.3, -0.25) is 4.90 Å². The fourth-order valence-electron chi connectivity index (χ4n) is 2.94. The van der Waals surface area contributed by atoms with Crippen molar-refractivity contribution in [2.24, 2.45) is 0 Å². The summed E-state index contributed by atoms with van der Waals surface area (Å²) < 4.78 is 0. The second kappa shape index (κ2) is 8.22.